The second kappa shape index (κ2) is 7.37. The van der Waals surface area contributed by atoms with Gasteiger partial charge in [-0.3, -0.25) is 9.59 Å². The van der Waals surface area contributed by atoms with E-state index in [1.54, 1.807) is 4.90 Å². The molecule has 0 spiro atoms. The summed E-state index contributed by atoms with van der Waals surface area (Å²) in [5, 5.41) is 9.50. The van der Waals surface area contributed by atoms with E-state index in [4.69, 9.17) is 4.74 Å². The number of hydrogen-bond acceptors (Lipinski definition) is 5. The number of carbonyl (C=O) groups excluding carboxylic acids is 1. The number of hydrogen-bond donors (Lipinski definition) is 1. The van der Waals surface area contributed by atoms with Gasteiger partial charge >= 0.3 is 5.97 Å². The monoisotopic (exact) mass is 367 g/mol. The van der Waals surface area contributed by atoms with Gasteiger partial charge in [0.05, 0.1) is 11.2 Å². The number of benzene rings is 1. The van der Waals surface area contributed by atoms with Crippen molar-refractivity contribution < 1.29 is 19.4 Å². The van der Waals surface area contributed by atoms with Gasteiger partial charge in [0.2, 0.25) is 0 Å². The lowest BCUT2D eigenvalue weighted by atomic mass is 9.88. The second-order valence-electron chi connectivity index (χ2n) is 6.19. The van der Waals surface area contributed by atoms with Gasteiger partial charge in [-0.1, -0.05) is 12.1 Å². The van der Waals surface area contributed by atoms with Gasteiger partial charge in [-0.05, 0) is 24.1 Å². The molecule has 1 aromatic carbocycles. The summed E-state index contributed by atoms with van der Waals surface area (Å²) in [6.07, 6.45) is 0.426. The van der Waals surface area contributed by atoms with Gasteiger partial charge in [0.15, 0.2) is 0 Å². The number of thioether (sulfide) groups is 2. The number of likely N-dealkylation sites (tertiary alicyclic amines) is 1. The van der Waals surface area contributed by atoms with E-state index >= 15 is 0 Å². The molecular weight excluding hydrogens is 346 g/mol. The molecule has 1 amide bonds. The highest BCUT2D eigenvalue weighted by Gasteiger charge is 2.46. The predicted molar refractivity (Wildman–Crippen MR) is 96.6 cm³/mol. The molecule has 24 heavy (non-hydrogen) atoms. The van der Waals surface area contributed by atoms with Gasteiger partial charge in [0, 0.05) is 37.3 Å². The third kappa shape index (κ3) is 3.43. The van der Waals surface area contributed by atoms with Gasteiger partial charge in [0.25, 0.3) is 5.91 Å². The summed E-state index contributed by atoms with van der Waals surface area (Å²) in [5.41, 5.74) is 0.867. The zero-order chi connectivity index (χ0) is 17.2. The molecule has 2 aliphatic rings. The van der Waals surface area contributed by atoms with Crippen LogP contribution in [0, 0.1) is 5.41 Å². The maximum Gasteiger partial charge on any atom is 0.313 e. The Morgan fingerprint density at radius 2 is 1.96 bits per heavy atom. The topological polar surface area (TPSA) is 66.8 Å². The van der Waals surface area contributed by atoms with Crippen molar-refractivity contribution in [3.05, 3.63) is 35.4 Å². The molecule has 2 fully saturated rings. The van der Waals surface area contributed by atoms with E-state index in [1.807, 2.05) is 47.8 Å². The van der Waals surface area contributed by atoms with Gasteiger partial charge in [-0.15, -0.1) is 23.5 Å². The second-order valence-corrected chi connectivity index (χ2v) is 8.92. The maximum absolute atomic E-state index is 12.7. The highest BCUT2D eigenvalue weighted by atomic mass is 32.2. The zero-order valence-electron chi connectivity index (χ0n) is 13.6. The molecule has 2 aliphatic heterocycles. The largest absolute Gasteiger partial charge is 0.481 e. The maximum atomic E-state index is 12.7. The van der Waals surface area contributed by atoms with Gasteiger partial charge in [0.1, 0.15) is 5.41 Å². The number of ether oxygens (including phenoxy) is 1. The molecule has 0 saturated carbocycles. The van der Waals surface area contributed by atoms with E-state index in [0.29, 0.717) is 23.1 Å². The highest BCUT2D eigenvalue weighted by Crippen LogP contribution is 2.45. The third-order valence-corrected chi connectivity index (χ3v) is 7.67. The summed E-state index contributed by atoms with van der Waals surface area (Å²) < 4.78 is 5.53. The third-order valence-electron chi connectivity index (χ3n) is 4.57. The van der Waals surface area contributed by atoms with E-state index in [0.717, 1.165) is 0 Å². The van der Waals surface area contributed by atoms with Gasteiger partial charge < -0.3 is 14.7 Å². The van der Waals surface area contributed by atoms with Crippen molar-refractivity contribution in [1.29, 1.82) is 0 Å². The Morgan fingerprint density at radius 1 is 1.29 bits per heavy atom. The van der Waals surface area contributed by atoms with E-state index in [-0.39, 0.29) is 19.1 Å². The van der Waals surface area contributed by atoms with Crippen LogP contribution in [0.3, 0.4) is 0 Å². The average Bonchev–Trinajstić information content (AvgIpc) is 3.25. The van der Waals surface area contributed by atoms with E-state index in [2.05, 4.69) is 0 Å². The highest BCUT2D eigenvalue weighted by molar-refractivity contribution is 8.19. The van der Waals surface area contributed by atoms with Crippen LogP contribution in [0.5, 0.6) is 0 Å². The van der Waals surface area contributed by atoms with Crippen LogP contribution in [0.25, 0.3) is 0 Å². The van der Waals surface area contributed by atoms with Crippen molar-refractivity contribution in [2.45, 2.75) is 11.0 Å². The van der Waals surface area contributed by atoms with Crippen LogP contribution in [0.2, 0.25) is 0 Å². The smallest absolute Gasteiger partial charge is 0.313 e. The molecule has 2 saturated heterocycles. The molecule has 2 heterocycles. The predicted octanol–water partition coefficient (Wildman–Crippen LogP) is 2.73. The van der Waals surface area contributed by atoms with Crippen LogP contribution in [-0.4, -0.2) is 60.2 Å². The Hall–Kier alpha value is -1.18. The number of aliphatic carboxylic acids is 1. The molecule has 7 heteroatoms. The SMILES string of the molecule is COCC1(C(=O)O)CCN(C(=O)c2ccc(C3SCCS3)cc2)C1. The normalized spacial score (nSPS) is 24.5. The standard InChI is InChI=1S/C17H21NO4S2/c1-22-11-17(16(20)21)6-7-18(10-17)14(19)12-2-4-13(5-3-12)15-23-8-9-24-15/h2-5,15H,6-11H2,1H3,(H,20,21). The molecule has 0 bridgehead atoms. The fourth-order valence-corrected chi connectivity index (χ4v) is 6.05. The lowest BCUT2D eigenvalue weighted by Crippen LogP contribution is -2.40. The number of nitrogens with zero attached hydrogens (tertiary/aromatic N) is 1. The van der Waals surface area contributed by atoms with Crippen LogP contribution in [0.4, 0.5) is 0 Å². The average molecular weight is 367 g/mol. The molecule has 5 nitrogen and oxygen atoms in total. The van der Waals surface area contributed by atoms with Crippen LogP contribution in [-0.2, 0) is 9.53 Å². The summed E-state index contributed by atoms with van der Waals surface area (Å²) in [5.74, 6) is 1.33. The number of amides is 1. The first-order valence-electron chi connectivity index (χ1n) is 7.90. The summed E-state index contributed by atoms with van der Waals surface area (Å²) in [6, 6.07) is 7.74. The molecule has 130 valence electrons. The molecular formula is C17H21NO4S2. The molecule has 0 aromatic heterocycles. The van der Waals surface area contributed by atoms with Gasteiger partial charge in [-0.25, -0.2) is 0 Å². The summed E-state index contributed by atoms with van der Waals surface area (Å²) >= 11 is 3.86. The van der Waals surface area contributed by atoms with Crippen molar-refractivity contribution >= 4 is 35.4 Å². The van der Waals surface area contributed by atoms with Crippen LogP contribution in [0.15, 0.2) is 24.3 Å². The lowest BCUT2D eigenvalue weighted by Gasteiger charge is -2.24. The van der Waals surface area contributed by atoms with Gasteiger partial charge in [-0.2, -0.15) is 0 Å². The van der Waals surface area contributed by atoms with Crippen molar-refractivity contribution in [3.63, 3.8) is 0 Å². The van der Waals surface area contributed by atoms with Crippen molar-refractivity contribution in [3.8, 4) is 0 Å². The molecule has 1 aromatic rings. The number of carboxylic acids is 1. The van der Waals surface area contributed by atoms with Crippen molar-refractivity contribution in [1.82, 2.24) is 4.90 Å². The molecule has 0 aliphatic carbocycles. The number of carboxylic acid groups (broad SMARTS) is 1. The van der Waals surface area contributed by atoms with E-state index in [9.17, 15) is 14.7 Å². The summed E-state index contributed by atoms with van der Waals surface area (Å²) in [7, 11) is 1.49. The van der Waals surface area contributed by atoms with Crippen molar-refractivity contribution in [2.75, 3.05) is 38.3 Å². The van der Waals surface area contributed by atoms with Crippen LogP contribution >= 0.6 is 23.5 Å². The first-order chi connectivity index (χ1) is 11.6. The molecule has 1 atom stereocenters. The Balaban J connectivity index is 1.69. The first kappa shape index (κ1) is 17.6. The minimum absolute atomic E-state index is 0.104. The summed E-state index contributed by atoms with van der Waals surface area (Å²) in [4.78, 5) is 25.9. The molecule has 0 radical (unpaired) electrons. The van der Waals surface area contributed by atoms with Crippen molar-refractivity contribution in [2.24, 2.45) is 5.41 Å². The van der Waals surface area contributed by atoms with Crippen LogP contribution in [0.1, 0.15) is 26.9 Å². The molecule has 3 rings (SSSR count). The number of rotatable bonds is 5. The minimum Gasteiger partial charge on any atom is -0.481 e. The Bertz CT molecular complexity index is 616. The molecule has 1 unspecified atom stereocenters. The number of methoxy groups -OCH3 is 1. The fourth-order valence-electron chi connectivity index (χ4n) is 3.19. The van der Waals surface area contributed by atoms with E-state index in [1.165, 1.54) is 24.2 Å². The minimum atomic E-state index is -0.985. The lowest BCUT2D eigenvalue weighted by molar-refractivity contribution is -0.151. The Kier molecular flexibility index (Phi) is 5.42. The van der Waals surface area contributed by atoms with Crippen LogP contribution < -0.4 is 0 Å². The Morgan fingerprint density at radius 3 is 2.54 bits per heavy atom. The fraction of sp³-hybridized carbons (Fsp3) is 0.529. The number of carbonyl (C=O) groups is 2. The first-order valence-corrected chi connectivity index (χ1v) is 10.0. The zero-order valence-corrected chi connectivity index (χ0v) is 15.2. The Labute approximate surface area is 150 Å². The van der Waals surface area contributed by atoms with E-state index < -0.39 is 11.4 Å². The molecule has 1 N–H and O–H groups in total. The summed E-state index contributed by atoms with van der Waals surface area (Å²) in [6.45, 7) is 0.775. The quantitative estimate of drug-likeness (QED) is 0.863.